The summed E-state index contributed by atoms with van der Waals surface area (Å²) >= 11 is 1.56. The van der Waals surface area contributed by atoms with Crippen molar-refractivity contribution in [3.63, 3.8) is 0 Å². The van der Waals surface area contributed by atoms with Gasteiger partial charge in [0.2, 0.25) is 5.91 Å². The Morgan fingerprint density at radius 1 is 1.30 bits per heavy atom. The lowest BCUT2D eigenvalue weighted by Crippen LogP contribution is -2.27. The normalized spacial score (nSPS) is 11.2. The van der Waals surface area contributed by atoms with Gasteiger partial charge in [-0.3, -0.25) is 4.79 Å². The van der Waals surface area contributed by atoms with Crippen molar-refractivity contribution in [2.45, 2.75) is 20.8 Å². The van der Waals surface area contributed by atoms with Crippen LogP contribution >= 0.6 is 11.3 Å². The van der Waals surface area contributed by atoms with Gasteiger partial charge in [-0.05, 0) is 12.1 Å². The van der Waals surface area contributed by atoms with Crippen LogP contribution in [0.5, 0.6) is 0 Å². The van der Waals surface area contributed by atoms with Gasteiger partial charge in [0.25, 0.3) is 0 Å². The van der Waals surface area contributed by atoms with Gasteiger partial charge < -0.3 is 10.6 Å². The second-order valence-corrected chi connectivity index (χ2v) is 6.43. The second-order valence-electron chi connectivity index (χ2n) is 5.57. The van der Waals surface area contributed by atoms with E-state index in [1.54, 1.807) is 11.3 Å². The van der Waals surface area contributed by atoms with Gasteiger partial charge in [-0.15, -0.1) is 11.3 Å². The van der Waals surface area contributed by atoms with Crippen LogP contribution in [-0.4, -0.2) is 17.9 Å². The second kappa shape index (κ2) is 5.63. The van der Waals surface area contributed by atoms with Gasteiger partial charge in [0.15, 0.2) is 5.13 Å². The maximum atomic E-state index is 12.0. The Bertz CT molecular complexity index is 614. The molecule has 0 radical (unpaired) electrons. The minimum absolute atomic E-state index is 0.00356. The molecule has 2 rings (SSSR count). The molecule has 1 amide bonds. The largest absolute Gasteiger partial charge is 0.365 e. The summed E-state index contributed by atoms with van der Waals surface area (Å²) in [5, 5.41) is 8.83. The Morgan fingerprint density at radius 3 is 2.65 bits per heavy atom. The number of carbonyl (C=O) groups excluding carboxylic acids is 1. The van der Waals surface area contributed by atoms with E-state index in [9.17, 15) is 4.79 Å². The van der Waals surface area contributed by atoms with Crippen LogP contribution < -0.4 is 10.6 Å². The van der Waals surface area contributed by atoms with Crippen LogP contribution in [0.2, 0.25) is 0 Å². The maximum Gasteiger partial charge on any atom is 0.229 e. The molecule has 4 nitrogen and oxygen atoms in total. The molecule has 0 spiro atoms. The van der Waals surface area contributed by atoms with E-state index >= 15 is 0 Å². The lowest BCUT2D eigenvalue weighted by Gasteiger charge is -2.17. The highest BCUT2D eigenvalue weighted by molar-refractivity contribution is 7.14. The first-order valence-electron chi connectivity index (χ1n) is 6.45. The minimum atomic E-state index is -0.407. The fourth-order valence-electron chi connectivity index (χ4n) is 1.60. The van der Waals surface area contributed by atoms with E-state index in [-0.39, 0.29) is 5.91 Å². The zero-order valence-electron chi connectivity index (χ0n) is 12.2. The molecule has 2 N–H and O–H groups in total. The summed E-state index contributed by atoms with van der Waals surface area (Å²) in [5.41, 5.74) is 2.29. The molecule has 1 aromatic heterocycles. The number of carbonyl (C=O) groups is 1. The summed E-state index contributed by atoms with van der Waals surface area (Å²) in [7, 11) is 1.85. The van der Waals surface area contributed by atoms with Crippen molar-refractivity contribution in [2.24, 2.45) is 5.41 Å². The van der Waals surface area contributed by atoms with E-state index in [0.717, 1.165) is 22.1 Å². The van der Waals surface area contributed by atoms with Crippen molar-refractivity contribution in [1.29, 1.82) is 0 Å². The number of hydrogen-bond acceptors (Lipinski definition) is 4. The third kappa shape index (κ3) is 3.36. The summed E-state index contributed by atoms with van der Waals surface area (Å²) in [6.45, 7) is 5.68. The van der Waals surface area contributed by atoms with Crippen molar-refractivity contribution >= 4 is 28.1 Å². The number of aromatic nitrogens is 1. The van der Waals surface area contributed by atoms with E-state index in [1.807, 2.05) is 57.5 Å². The number of anilines is 2. The number of nitrogens with one attached hydrogen (secondary N) is 2. The minimum Gasteiger partial charge on any atom is -0.365 e. The van der Waals surface area contributed by atoms with E-state index in [2.05, 4.69) is 15.6 Å². The molecule has 0 bridgehead atoms. The van der Waals surface area contributed by atoms with Crippen molar-refractivity contribution in [3.8, 4) is 11.3 Å². The number of thiazole rings is 1. The summed E-state index contributed by atoms with van der Waals surface area (Å²) < 4.78 is 0. The average molecular weight is 289 g/mol. The van der Waals surface area contributed by atoms with Crippen molar-refractivity contribution < 1.29 is 4.79 Å². The van der Waals surface area contributed by atoms with Gasteiger partial charge in [0, 0.05) is 29.1 Å². The molecule has 0 saturated carbocycles. The first kappa shape index (κ1) is 14.5. The third-order valence-corrected chi connectivity index (χ3v) is 3.68. The van der Waals surface area contributed by atoms with Gasteiger partial charge in [0.05, 0.1) is 5.69 Å². The number of nitrogens with zero attached hydrogens (tertiary/aromatic N) is 1. The highest BCUT2D eigenvalue weighted by Gasteiger charge is 2.21. The fourth-order valence-corrected chi connectivity index (χ4v) is 2.28. The quantitative estimate of drug-likeness (QED) is 0.902. The summed E-state index contributed by atoms with van der Waals surface area (Å²) in [6, 6.07) is 7.74. The third-order valence-electron chi connectivity index (χ3n) is 2.82. The lowest BCUT2D eigenvalue weighted by molar-refractivity contribution is -0.123. The van der Waals surface area contributed by atoms with Crippen LogP contribution in [0.25, 0.3) is 11.3 Å². The first-order valence-corrected chi connectivity index (χ1v) is 7.33. The Morgan fingerprint density at radius 2 is 2.05 bits per heavy atom. The summed E-state index contributed by atoms with van der Waals surface area (Å²) in [6.07, 6.45) is 0. The standard InChI is InChI=1S/C15H19N3OS/c1-15(2,3)13(19)17-11-7-5-6-10(8-11)12-9-20-14(16-4)18-12/h5-9H,1-4H3,(H,16,18)(H,17,19). The molecular weight excluding hydrogens is 270 g/mol. The van der Waals surface area contributed by atoms with E-state index < -0.39 is 5.41 Å². The highest BCUT2D eigenvalue weighted by atomic mass is 32.1. The number of hydrogen-bond donors (Lipinski definition) is 2. The van der Waals surface area contributed by atoms with Crippen LogP contribution in [0.4, 0.5) is 10.8 Å². The van der Waals surface area contributed by atoms with Crippen LogP contribution in [0.1, 0.15) is 20.8 Å². The molecule has 1 heterocycles. The van der Waals surface area contributed by atoms with Crippen molar-refractivity contribution in [1.82, 2.24) is 4.98 Å². The lowest BCUT2D eigenvalue weighted by atomic mass is 9.95. The molecule has 0 aliphatic carbocycles. The highest BCUT2D eigenvalue weighted by Crippen LogP contribution is 2.27. The summed E-state index contributed by atoms with van der Waals surface area (Å²) in [5.74, 6) is 0.00356. The SMILES string of the molecule is CNc1nc(-c2cccc(NC(=O)C(C)(C)C)c2)cs1. The predicted molar refractivity (Wildman–Crippen MR) is 85.2 cm³/mol. The van der Waals surface area contributed by atoms with Gasteiger partial charge in [0.1, 0.15) is 0 Å². The van der Waals surface area contributed by atoms with Gasteiger partial charge >= 0.3 is 0 Å². The smallest absolute Gasteiger partial charge is 0.229 e. The molecule has 0 aliphatic heterocycles. The van der Waals surface area contributed by atoms with E-state index in [0.29, 0.717) is 0 Å². The predicted octanol–water partition coefficient (Wildman–Crippen LogP) is 3.84. The van der Waals surface area contributed by atoms with Crippen LogP contribution in [-0.2, 0) is 4.79 Å². The zero-order chi connectivity index (χ0) is 14.8. The molecule has 106 valence electrons. The Kier molecular flexibility index (Phi) is 4.09. The van der Waals surface area contributed by atoms with Gasteiger partial charge in [-0.1, -0.05) is 32.9 Å². The molecule has 20 heavy (non-hydrogen) atoms. The van der Waals surface area contributed by atoms with Crippen LogP contribution in [0, 0.1) is 5.41 Å². The monoisotopic (exact) mass is 289 g/mol. The van der Waals surface area contributed by atoms with Crippen molar-refractivity contribution in [3.05, 3.63) is 29.6 Å². The van der Waals surface area contributed by atoms with Crippen molar-refractivity contribution in [2.75, 3.05) is 17.7 Å². The molecule has 0 unspecified atom stereocenters. The first-order chi connectivity index (χ1) is 9.40. The zero-order valence-corrected chi connectivity index (χ0v) is 13.0. The molecule has 0 aliphatic rings. The molecule has 0 atom stereocenters. The number of rotatable bonds is 3. The molecule has 2 aromatic rings. The average Bonchev–Trinajstić information content (AvgIpc) is 2.86. The molecular formula is C15H19N3OS. The number of benzene rings is 1. The maximum absolute atomic E-state index is 12.0. The Labute approximate surface area is 123 Å². The molecule has 1 aromatic carbocycles. The van der Waals surface area contributed by atoms with Gasteiger partial charge in [-0.25, -0.2) is 4.98 Å². The fraction of sp³-hybridized carbons (Fsp3) is 0.333. The van der Waals surface area contributed by atoms with E-state index in [4.69, 9.17) is 0 Å². The van der Waals surface area contributed by atoms with Crippen LogP contribution in [0.3, 0.4) is 0 Å². The van der Waals surface area contributed by atoms with E-state index in [1.165, 1.54) is 0 Å². The Balaban J connectivity index is 2.22. The Hall–Kier alpha value is -1.88. The van der Waals surface area contributed by atoms with Gasteiger partial charge in [-0.2, -0.15) is 0 Å². The summed E-state index contributed by atoms with van der Waals surface area (Å²) in [4.78, 5) is 16.5. The molecule has 0 fully saturated rings. The number of amides is 1. The molecule has 5 heteroatoms. The van der Waals surface area contributed by atoms with Crippen LogP contribution in [0.15, 0.2) is 29.6 Å². The molecule has 0 saturated heterocycles. The topological polar surface area (TPSA) is 54.0 Å².